The van der Waals surface area contributed by atoms with Crippen molar-refractivity contribution in [2.75, 3.05) is 0 Å². The molecule has 5 nitrogen and oxygen atoms in total. The van der Waals surface area contributed by atoms with Gasteiger partial charge >= 0.3 is 0 Å². The van der Waals surface area contributed by atoms with E-state index in [9.17, 15) is 0 Å². The zero-order valence-electron chi connectivity index (χ0n) is 36.8. The molecule has 0 saturated carbocycles. The van der Waals surface area contributed by atoms with Crippen LogP contribution in [0.1, 0.15) is 0 Å². The second kappa shape index (κ2) is 16.4. The molecule has 0 fully saturated rings. The van der Waals surface area contributed by atoms with Crippen LogP contribution in [-0.2, 0) is 0 Å². The Morgan fingerprint density at radius 1 is 0.294 bits per heavy atom. The summed E-state index contributed by atoms with van der Waals surface area (Å²) in [6, 6.07) is 85.1. The number of rotatable bonds is 8. The molecule has 0 aliphatic rings. The SMILES string of the molecule is c1ccc(-c2nc(-c3ccccc3)nc(-c3cc(-c4c(-c5ccccc5)cccc4-c4ccccc4)ccc3-c3cccc4c3oc3c4ccc4c5ccccc5n(-c5ccccc5)c43)n2)cc1. The number of nitrogens with zero attached hydrogens (tertiary/aromatic N) is 4. The van der Waals surface area contributed by atoms with Crippen molar-refractivity contribution in [2.45, 2.75) is 0 Å². The van der Waals surface area contributed by atoms with Crippen LogP contribution in [0.3, 0.4) is 0 Å². The fourth-order valence-electron chi connectivity index (χ4n) is 9.99. The molecule has 0 unspecified atom stereocenters. The van der Waals surface area contributed by atoms with E-state index in [0.717, 1.165) is 105 Å². The fraction of sp³-hybridized carbons (Fsp3) is 0. The van der Waals surface area contributed by atoms with Crippen LogP contribution in [0.5, 0.6) is 0 Å². The number of hydrogen-bond acceptors (Lipinski definition) is 4. The lowest BCUT2D eigenvalue weighted by Crippen LogP contribution is -2.01. The van der Waals surface area contributed by atoms with Crippen LogP contribution >= 0.6 is 0 Å². The molecule has 0 radical (unpaired) electrons. The first-order valence-corrected chi connectivity index (χ1v) is 22.9. The molecule has 10 aromatic carbocycles. The van der Waals surface area contributed by atoms with Crippen LogP contribution in [0, 0.1) is 0 Å². The maximum absolute atomic E-state index is 7.31. The van der Waals surface area contributed by atoms with Crippen molar-refractivity contribution in [3.63, 3.8) is 0 Å². The van der Waals surface area contributed by atoms with Gasteiger partial charge in [0.1, 0.15) is 5.58 Å². The Hall–Kier alpha value is -9.19. The Morgan fingerprint density at radius 3 is 1.41 bits per heavy atom. The smallest absolute Gasteiger partial charge is 0.164 e. The number of benzene rings is 10. The second-order valence-electron chi connectivity index (χ2n) is 17.1. The number of aromatic nitrogens is 4. The van der Waals surface area contributed by atoms with Gasteiger partial charge in [0.25, 0.3) is 0 Å². The molecule has 3 aromatic heterocycles. The van der Waals surface area contributed by atoms with Crippen molar-refractivity contribution >= 4 is 43.7 Å². The van der Waals surface area contributed by atoms with E-state index in [4.69, 9.17) is 19.4 Å². The summed E-state index contributed by atoms with van der Waals surface area (Å²) in [5, 5.41) is 4.40. The standard InChI is InChI=1S/C63H40N4O/c1-6-20-41(21-7-1)47-31-18-32-48(42-22-8-2-9-23-42)57(47)45-36-37-49(55(40-45)63-65-61(43-24-10-3-11-25-43)64-62(66-63)44-26-12-4-13-27-44)52-33-19-34-53-54-39-38-51-50-30-16-17-35-56(50)67(46-28-14-5-15-29-46)58(51)60(54)68-59(52)53/h1-40H. The van der Waals surface area contributed by atoms with Gasteiger partial charge in [-0.05, 0) is 69.3 Å². The maximum Gasteiger partial charge on any atom is 0.164 e. The summed E-state index contributed by atoms with van der Waals surface area (Å²) in [6.07, 6.45) is 0. The van der Waals surface area contributed by atoms with Gasteiger partial charge in [0.15, 0.2) is 23.1 Å². The van der Waals surface area contributed by atoms with E-state index in [0.29, 0.717) is 17.5 Å². The van der Waals surface area contributed by atoms with Gasteiger partial charge in [-0.3, -0.25) is 0 Å². The lowest BCUT2D eigenvalue weighted by Gasteiger charge is -2.19. The van der Waals surface area contributed by atoms with Crippen LogP contribution in [0.25, 0.3) is 128 Å². The summed E-state index contributed by atoms with van der Waals surface area (Å²) in [6.45, 7) is 0. The van der Waals surface area contributed by atoms with Crippen LogP contribution in [0.15, 0.2) is 247 Å². The molecule has 13 rings (SSSR count). The Balaban J connectivity index is 1.12. The Bertz CT molecular complexity index is 3880. The summed E-state index contributed by atoms with van der Waals surface area (Å²) in [4.78, 5) is 15.8. The molecule has 5 heteroatoms. The highest BCUT2D eigenvalue weighted by molar-refractivity contribution is 6.22. The quantitative estimate of drug-likeness (QED) is 0.153. The lowest BCUT2D eigenvalue weighted by molar-refractivity contribution is 0.672. The van der Waals surface area contributed by atoms with E-state index < -0.39 is 0 Å². The van der Waals surface area contributed by atoms with Crippen molar-refractivity contribution in [3.8, 4) is 84.4 Å². The largest absolute Gasteiger partial charge is 0.453 e. The van der Waals surface area contributed by atoms with Crippen molar-refractivity contribution in [1.29, 1.82) is 0 Å². The first kappa shape index (κ1) is 39.2. The van der Waals surface area contributed by atoms with Gasteiger partial charge in [-0.25, -0.2) is 15.0 Å². The van der Waals surface area contributed by atoms with Crippen molar-refractivity contribution in [1.82, 2.24) is 19.5 Å². The third kappa shape index (κ3) is 6.59. The number of para-hydroxylation sites is 3. The molecule has 0 atom stereocenters. The van der Waals surface area contributed by atoms with E-state index in [2.05, 4.69) is 211 Å². The number of furan rings is 1. The molecule has 3 heterocycles. The predicted molar refractivity (Wildman–Crippen MR) is 279 cm³/mol. The monoisotopic (exact) mass is 868 g/mol. The topological polar surface area (TPSA) is 56.7 Å². The highest BCUT2D eigenvalue weighted by Crippen LogP contribution is 2.47. The molecule has 0 bridgehead atoms. The van der Waals surface area contributed by atoms with Gasteiger partial charge in [0.2, 0.25) is 0 Å². The van der Waals surface area contributed by atoms with Gasteiger partial charge in [0, 0.05) is 49.5 Å². The fourth-order valence-corrected chi connectivity index (χ4v) is 9.99. The summed E-state index contributed by atoms with van der Waals surface area (Å²) < 4.78 is 9.65. The van der Waals surface area contributed by atoms with Crippen LogP contribution in [0.4, 0.5) is 0 Å². The molecule has 0 aliphatic carbocycles. The van der Waals surface area contributed by atoms with Gasteiger partial charge < -0.3 is 8.98 Å². The molecule has 68 heavy (non-hydrogen) atoms. The minimum absolute atomic E-state index is 0.563. The van der Waals surface area contributed by atoms with Crippen molar-refractivity contribution < 1.29 is 4.42 Å². The minimum atomic E-state index is 0.563. The third-order valence-electron chi connectivity index (χ3n) is 13.1. The van der Waals surface area contributed by atoms with Crippen molar-refractivity contribution in [3.05, 3.63) is 243 Å². The average Bonchev–Trinajstić information content (AvgIpc) is 3.98. The van der Waals surface area contributed by atoms with Gasteiger partial charge in [0.05, 0.1) is 11.0 Å². The van der Waals surface area contributed by atoms with Crippen LogP contribution in [0.2, 0.25) is 0 Å². The molecule has 0 N–H and O–H groups in total. The van der Waals surface area contributed by atoms with E-state index >= 15 is 0 Å². The van der Waals surface area contributed by atoms with Gasteiger partial charge in [-0.1, -0.05) is 212 Å². The molecule has 0 amide bonds. The van der Waals surface area contributed by atoms with E-state index in [1.54, 1.807) is 0 Å². The van der Waals surface area contributed by atoms with Gasteiger partial charge in [-0.15, -0.1) is 0 Å². The lowest BCUT2D eigenvalue weighted by atomic mass is 9.85. The first-order chi connectivity index (χ1) is 33.7. The Kier molecular flexibility index (Phi) is 9.43. The summed E-state index contributed by atoms with van der Waals surface area (Å²) in [5.41, 5.74) is 16.1. The summed E-state index contributed by atoms with van der Waals surface area (Å²) in [5.74, 6) is 1.75. The molecular weight excluding hydrogens is 829 g/mol. The zero-order valence-corrected chi connectivity index (χ0v) is 36.8. The molecule has 0 spiro atoms. The minimum Gasteiger partial charge on any atom is -0.453 e. The van der Waals surface area contributed by atoms with Gasteiger partial charge in [-0.2, -0.15) is 0 Å². The highest BCUT2D eigenvalue weighted by Gasteiger charge is 2.24. The third-order valence-corrected chi connectivity index (χ3v) is 13.1. The molecular formula is C63H40N4O. The maximum atomic E-state index is 7.31. The normalized spacial score (nSPS) is 11.5. The Labute approximate surface area is 392 Å². The molecule has 0 aliphatic heterocycles. The number of fused-ring (bicyclic) bond motifs is 7. The van der Waals surface area contributed by atoms with E-state index in [1.165, 1.54) is 5.39 Å². The molecule has 318 valence electrons. The second-order valence-corrected chi connectivity index (χ2v) is 17.1. The molecule has 13 aromatic rings. The van der Waals surface area contributed by atoms with E-state index in [1.807, 2.05) is 36.4 Å². The van der Waals surface area contributed by atoms with E-state index in [-0.39, 0.29) is 0 Å². The van der Waals surface area contributed by atoms with Crippen LogP contribution in [-0.4, -0.2) is 19.5 Å². The predicted octanol–water partition coefficient (Wildman–Crippen LogP) is 16.5. The average molecular weight is 869 g/mol. The van der Waals surface area contributed by atoms with Crippen LogP contribution < -0.4 is 0 Å². The summed E-state index contributed by atoms with van der Waals surface area (Å²) >= 11 is 0. The molecule has 0 saturated heterocycles. The highest BCUT2D eigenvalue weighted by atomic mass is 16.3. The summed E-state index contributed by atoms with van der Waals surface area (Å²) in [7, 11) is 0. The number of hydrogen-bond donors (Lipinski definition) is 0. The Morgan fingerprint density at radius 2 is 0.779 bits per heavy atom. The first-order valence-electron chi connectivity index (χ1n) is 22.9. The van der Waals surface area contributed by atoms with Crippen molar-refractivity contribution in [2.24, 2.45) is 0 Å². The zero-order chi connectivity index (χ0) is 45.0.